The lowest BCUT2D eigenvalue weighted by Crippen LogP contribution is -2.50. The number of fused-ring (bicyclic) bond motifs is 5. The Balaban J connectivity index is 1.39. The average molecular weight is 424 g/mol. The van der Waals surface area contributed by atoms with E-state index in [1.807, 2.05) is 18.2 Å². The molecule has 3 fully saturated rings. The molecule has 2 heterocycles. The molecule has 0 spiro atoms. The lowest BCUT2D eigenvalue weighted by atomic mass is 9.85. The van der Waals surface area contributed by atoms with Crippen LogP contribution in [0.4, 0.5) is 0 Å². The van der Waals surface area contributed by atoms with Gasteiger partial charge < -0.3 is 14.4 Å². The van der Waals surface area contributed by atoms with Crippen LogP contribution in [0.2, 0.25) is 0 Å². The molecule has 1 saturated carbocycles. The minimum absolute atomic E-state index is 0.141. The van der Waals surface area contributed by atoms with E-state index in [1.54, 1.807) is 26.0 Å². The summed E-state index contributed by atoms with van der Waals surface area (Å²) in [4.78, 5) is 42.9. The van der Waals surface area contributed by atoms with Crippen molar-refractivity contribution < 1.29 is 23.9 Å². The van der Waals surface area contributed by atoms with Crippen LogP contribution in [0.15, 0.2) is 30.4 Å². The van der Waals surface area contributed by atoms with Gasteiger partial charge in [-0.05, 0) is 50.2 Å². The molecule has 1 aromatic rings. The van der Waals surface area contributed by atoms with Crippen molar-refractivity contribution in [2.45, 2.75) is 38.3 Å². The highest BCUT2D eigenvalue weighted by Crippen LogP contribution is 2.53. The second kappa shape index (κ2) is 7.39. The highest BCUT2D eigenvalue weighted by Gasteiger charge is 2.60. The normalized spacial score (nSPS) is 32.0. The highest BCUT2D eigenvalue weighted by atomic mass is 16.5. The van der Waals surface area contributed by atoms with Gasteiger partial charge in [0.05, 0.1) is 32.1 Å². The van der Waals surface area contributed by atoms with Gasteiger partial charge in [-0.1, -0.05) is 12.2 Å². The Labute approximate surface area is 182 Å². The Hall–Kier alpha value is -2.83. The summed E-state index contributed by atoms with van der Waals surface area (Å²) in [6.07, 6.45) is 6.69. The van der Waals surface area contributed by atoms with E-state index in [2.05, 4.69) is 12.2 Å². The molecule has 7 nitrogen and oxygen atoms in total. The Bertz CT molecular complexity index is 943. The van der Waals surface area contributed by atoms with Crippen LogP contribution in [0, 0.1) is 23.7 Å². The Kier molecular flexibility index (Phi) is 4.79. The van der Waals surface area contributed by atoms with Gasteiger partial charge in [-0.15, -0.1) is 0 Å². The molecule has 0 radical (unpaired) electrons. The quantitative estimate of drug-likeness (QED) is 0.536. The van der Waals surface area contributed by atoms with Crippen molar-refractivity contribution in [2.75, 3.05) is 20.8 Å². The van der Waals surface area contributed by atoms with Gasteiger partial charge in [0.2, 0.25) is 17.7 Å². The van der Waals surface area contributed by atoms with E-state index in [9.17, 15) is 14.4 Å². The topological polar surface area (TPSA) is 76.2 Å². The van der Waals surface area contributed by atoms with Crippen molar-refractivity contribution in [2.24, 2.45) is 23.7 Å². The molecule has 164 valence electrons. The zero-order valence-corrected chi connectivity index (χ0v) is 18.1. The van der Waals surface area contributed by atoms with Gasteiger partial charge in [0.1, 0.15) is 17.5 Å². The largest absolute Gasteiger partial charge is 0.497 e. The Morgan fingerprint density at radius 1 is 1.06 bits per heavy atom. The van der Waals surface area contributed by atoms with Gasteiger partial charge in [-0.25, -0.2) is 0 Å². The Morgan fingerprint density at radius 2 is 1.74 bits per heavy atom. The molecule has 3 amide bonds. The van der Waals surface area contributed by atoms with Gasteiger partial charge in [0, 0.05) is 18.2 Å². The number of imide groups is 1. The standard InChI is InChI=1S/C24H28N2O5/c1-13(26-23(28)20-14-6-7-15(11-14)21(20)24(26)29)22(27)25-10-4-5-18(25)17-9-8-16(30-2)12-19(17)31-3/h6-9,12-15,18,20-21H,4-5,10-11H2,1-3H3/t13-,14+,15+,18+,20-,21+/m1/s1. The molecular formula is C24H28N2O5. The maximum Gasteiger partial charge on any atom is 0.246 e. The molecule has 4 aliphatic rings. The second-order valence-electron chi connectivity index (χ2n) is 9.02. The van der Waals surface area contributed by atoms with Gasteiger partial charge in [-0.2, -0.15) is 0 Å². The maximum atomic E-state index is 13.5. The van der Waals surface area contributed by atoms with E-state index < -0.39 is 6.04 Å². The molecule has 0 aromatic heterocycles. The first-order chi connectivity index (χ1) is 15.0. The van der Waals surface area contributed by atoms with E-state index >= 15 is 0 Å². The van der Waals surface area contributed by atoms with Crippen molar-refractivity contribution in [1.82, 2.24) is 9.80 Å². The number of methoxy groups -OCH3 is 2. The summed E-state index contributed by atoms with van der Waals surface area (Å²) < 4.78 is 10.8. The number of benzene rings is 1. The fraction of sp³-hybridized carbons (Fsp3) is 0.542. The SMILES string of the molecule is COc1ccc([C@@H]2CCCN2C(=O)[C@@H](C)N2C(=O)[C@@H]3[C@H](C2=O)[C@H]2C=C[C@H]3C2)c(OC)c1. The summed E-state index contributed by atoms with van der Waals surface area (Å²) >= 11 is 0. The molecule has 0 unspecified atom stereocenters. The number of rotatable bonds is 5. The van der Waals surface area contributed by atoms with E-state index in [1.165, 1.54) is 4.90 Å². The predicted octanol–water partition coefficient (Wildman–Crippen LogP) is 2.56. The Morgan fingerprint density at radius 3 is 2.35 bits per heavy atom. The highest BCUT2D eigenvalue weighted by molar-refractivity contribution is 6.09. The summed E-state index contributed by atoms with van der Waals surface area (Å²) in [5, 5.41) is 0. The third-order valence-corrected chi connectivity index (χ3v) is 7.58. The second-order valence-corrected chi connectivity index (χ2v) is 9.02. The van der Waals surface area contributed by atoms with Crippen molar-refractivity contribution in [3.8, 4) is 11.5 Å². The lowest BCUT2D eigenvalue weighted by Gasteiger charge is -2.32. The summed E-state index contributed by atoms with van der Waals surface area (Å²) in [5.74, 6) is 0.541. The number of allylic oxidation sites excluding steroid dienone is 2. The zero-order chi connectivity index (χ0) is 21.9. The minimum atomic E-state index is -0.796. The number of ether oxygens (including phenoxy) is 2. The van der Waals surface area contributed by atoms with Crippen LogP contribution in [0.3, 0.4) is 0 Å². The third-order valence-electron chi connectivity index (χ3n) is 7.58. The molecule has 31 heavy (non-hydrogen) atoms. The summed E-state index contributed by atoms with van der Waals surface area (Å²) in [6, 6.07) is 4.66. The van der Waals surface area contributed by atoms with E-state index in [0.717, 1.165) is 24.8 Å². The molecule has 2 saturated heterocycles. The molecule has 2 aliphatic heterocycles. The van der Waals surface area contributed by atoms with Crippen LogP contribution in [-0.2, 0) is 14.4 Å². The number of nitrogens with zero attached hydrogens (tertiary/aromatic N) is 2. The van der Waals surface area contributed by atoms with Crippen molar-refractivity contribution in [3.63, 3.8) is 0 Å². The fourth-order valence-electron chi connectivity index (χ4n) is 6.11. The molecule has 2 aliphatic carbocycles. The number of carbonyl (C=O) groups excluding carboxylic acids is 3. The fourth-order valence-corrected chi connectivity index (χ4v) is 6.11. The predicted molar refractivity (Wildman–Crippen MR) is 112 cm³/mol. The van der Waals surface area contributed by atoms with Crippen molar-refractivity contribution in [1.29, 1.82) is 0 Å². The number of carbonyl (C=O) groups is 3. The molecule has 7 heteroatoms. The first-order valence-corrected chi connectivity index (χ1v) is 11.0. The van der Waals surface area contributed by atoms with Crippen molar-refractivity contribution >= 4 is 17.7 Å². The van der Waals surface area contributed by atoms with Crippen LogP contribution < -0.4 is 9.47 Å². The smallest absolute Gasteiger partial charge is 0.246 e. The minimum Gasteiger partial charge on any atom is -0.497 e. The maximum absolute atomic E-state index is 13.5. The number of hydrogen-bond acceptors (Lipinski definition) is 5. The third kappa shape index (κ3) is 2.89. The number of amides is 3. The van der Waals surface area contributed by atoms with Crippen LogP contribution in [0.25, 0.3) is 0 Å². The van der Waals surface area contributed by atoms with Crippen LogP contribution >= 0.6 is 0 Å². The van der Waals surface area contributed by atoms with Crippen molar-refractivity contribution in [3.05, 3.63) is 35.9 Å². The number of likely N-dealkylation sites (tertiary alicyclic amines) is 2. The van der Waals surface area contributed by atoms with E-state index in [4.69, 9.17) is 9.47 Å². The van der Waals surface area contributed by atoms with Gasteiger partial charge >= 0.3 is 0 Å². The molecule has 2 bridgehead atoms. The molecular weight excluding hydrogens is 396 g/mol. The first-order valence-electron chi connectivity index (χ1n) is 11.0. The average Bonchev–Trinajstić information content (AvgIpc) is 3.56. The van der Waals surface area contributed by atoms with Crippen LogP contribution in [0.1, 0.15) is 37.8 Å². The molecule has 6 atom stereocenters. The molecule has 1 aromatic carbocycles. The lowest BCUT2D eigenvalue weighted by molar-refractivity contribution is -0.152. The van der Waals surface area contributed by atoms with Gasteiger partial charge in [-0.3, -0.25) is 19.3 Å². The van der Waals surface area contributed by atoms with E-state index in [-0.39, 0.29) is 47.4 Å². The summed E-state index contributed by atoms with van der Waals surface area (Å²) in [5.41, 5.74) is 0.916. The molecule has 0 N–H and O–H groups in total. The van der Waals surface area contributed by atoms with Gasteiger partial charge in [0.15, 0.2) is 0 Å². The van der Waals surface area contributed by atoms with Gasteiger partial charge in [0.25, 0.3) is 0 Å². The molecule has 5 rings (SSSR count). The van der Waals surface area contributed by atoms with E-state index in [0.29, 0.717) is 18.0 Å². The summed E-state index contributed by atoms with van der Waals surface area (Å²) in [6.45, 7) is 2.29. The van der Waals surface area contributed by atoms with Crippen LogP contribution in [-0.4, -0.2) is 54.3 Å². The monoisotopic (exact) mass is 424 g/mol. The zero-order valence-electron chi connectivity index (χ0n) is 18.1. The first kappa shape index (κ1) is 20.1. The van der Waals surface area contributed by atoms with Crippen LogP contribution in [0.5, 0.6) is 11.5 Å². The number of hydrogen-bond donors (Lipinski definition) is 0. The summed E-state index contributed by atoms with van der Waals surface area (Å²) in [7, 11) is 3.20.